The van der Waals surface area contributed by atoms with Gasteiger partial charge in [-0.3, -0.25) is 4.90 Å². The predicted molar refractivity (Wildman–Crippen MR) is 97.5 cm³/mol. The minimum Gasteiger partial charge on any atom is -0.462 e. The molecule has 0 fully saturated rings. The van der Waals surface area contributed by atoms with E-state index < -0.39 is 0 Å². The van der Waals surface area contributed by atoms with Crippen LogP contribution in [-0.4, -0.2) is 17.6 Å². The number of nitrogens with zero attached hydrogens (tertiary/aromatic N) is 2. The average molecular weight is 338 g/mol. The number of aryl methyl sites for hydroxylation is 1. The molecule has 0 unspecified atom stereocenters. The number of carbonyl (C=O) groups excluding carboxylic acids is 1. The number of carbonyl (C=O) groups is 1. The monoisotopic (exact) mass is 338 g/mol. The zero-order valence-electron chi connectivity index (χ0n) is 13.6. The molecule has 0 saturated heterocycles. The van der Waals surface area contributed by atoms with Crippen LogP contribution in [0.1, 0.15) is 22.3 Å². The number of anilines is 3. The van der Waals surface area contributed by atoms with Crippen LogP contribution in [0, 0.1) is 6.92 Å². The van der Waals surface area contributed by atoms with E-state index in [1.165, 1.54) is 11.3 Å². The summed E-state index contributed by atoms with van der Waals surface area (Å²) in [6.45, 7) is 3.99. The number of ether oxygens (including phenoxy) is 1. The Hall–Kier alpha value is -2.66. The summed E-state index contributed by atoms with van der Waals surface area (Å²) in [5.41, 5.74) is 2.67. The third-order valence-electron chi connectivity index (χ3n) is 3.47. The molecule has 0 N–H and O–H groups in total. The van der Waals surface area contributed by atoms with Gasteiger partial charge in [-0.05, 0) is 38.1 Å². The van der Waals surface area contributed by atoms with Crippen molar-refractivity contribution in [3.8, 4) is 0 Å². The second-order valence-electron chi connectivity index (χ2n) is 5.14. The summed E-state index contributed by atoms with van der Waals surface area (Å²) in [5, 5.41) is 0.743. The summed E-state index contributed by atoms with van der Waals surface area (Å²) in [6.07, 6.45) is 0. The highest BCUT2D eigenvalue weighted by molar-refractivity contribution is 7.17. The number of hydrogen-bond donors (Lipinski definition) is 0. The van der Waals surface area contributed by atoms with E-state index in [1.54, 1.807) is 6.92 Å². The number of hydrogen-bond acceptors (Lipinski definition) is 5. The SMILES string of the molecule is CCOC(=O)c1sc(N(c2ccccc2)c2ccccc2)nc1C. The maximum Gasteiger partial charge on any atom is 0.350 e. The first-order valence-electron chi connectivity index (χ1n) is 7.75. The number of rotatable bonds is 5. The summed E-state index contributed by atoms with van der Waals surface area (Å²) in [7, 11) is 0. The predicted octanol–water partition coefficient (Wildman–Crippen LogP) is 5.10. The number of thiazole rings is 1. The van der Waals surface area contributed by atoms with E-state index in [2.05, 4.69) is 4.98 Å². The molecule has 0 aliphatic carbocycles. The Morgan fingerprint density at radius 3 is 2.08 bits per heavy atom. The average Bonchev–Trinajstić information content (AvgIpc) is 2.99. The second kappa shape index (κ2) is 7.27. The van der Waals surface area contributed by atoms with Crippen LogP contribution in [0.3, 0.4) is 0 Å². The zero-order chi connectivity index (χ0) is 16.9. The van der Waals surface area contributed by atoms with Gasteiger partial charge in [-0.25, -0.2) is 9.78 Å². The van der Waals surface area contributed by atoms with E-state index >= 15 is 0 Å². The Balaban J connectivity index is 2.07. The van der Waals surface area contributed by atoms with Crippen LogP contribution in [-0.2, 0) is 4.74 Å². The van der Waals surface area contributed by atoms with E-state index in [-0.39, 0.29) is 5.97 Å². The highest BCUT2D eigenvalue weighted by Crippen LogP contribution is 2.37. The summed E-state index contributed by atoms with van der Waals surface area (Å²) in [6, 6.07) is 20.0. The normalized spacial score (nSPS) is 10.4. The molecule has 24 heavy (non-hydrogen) atoms. The first kappa shape index (κ1) is 16.2. The lowest BCUT2D eigenvalue weighted by Gasteiger charge is -2.22. The van der Waals surface area contributed by atoms with Crippen LogP contribution in [0.25, 0.3) is 0 Å². The third kappa shape index (κ3) is 3.31. The number of aromatic nitrogens is 1. The lowest BCUT2D eigenvalue weighted by atomic mass is 10.2. The van der Waals surface area contributed by atoms with Gasteiger partial charge >= 0.3 is 5.97 Å². The molecule has 4 nitrogen and oxygen atoms in total. The van der Waals surface area contributed by atoms with Gasteiger partial charge in [-0.2, -0.15) is 0 Å². The molecule has 122 valence electrons. The van der Waals surface area contributed by atoms with Gasteiger partial charge in [-0.15, -0.1) is 0 Å². The van der Waals surface area contributed by atoms with Crippen LogP contribution >= 0.6 is 11.3 Å². The van der Waals surface area contributed by atoms with E-state index in [9.17, 15) is 4.79 Å². The Labute approximate surface area is 145 Å². The molecule has 1 aromatic heterocycles. The molecular weight excluding hydrogens is 320 g/mol. The maximum atomic E-state index is 12.1. The Morgan fingerprint density at radius 2 is 1.58 bits per heavy atom. The lowest BCUT2D eigenvalue weighted by molar-refractivity contribution is 0.0531. The summed E-state index contributed by atoms with van der Waals surface area (Å²) >= 11 is 1.35. The largest absolute Gasteiger partial charge is 0.462 e. The van der Waals surface area contributed by atoms with Crippen molar-refractivity contribution in [1.82, 2.24) is 4.98 Å². The summed E-state index contributed by atoms with van der Waals surface area (Å²) < 4.78 is 5.13. The molecule has 0 aliphatic rings. The van der Waals surface area contributed by atoms with Gasteiger partial charge in [0.2, 0.25) is 0 Å². The molecule has 0 radical (unpaired) electrons. The fraction of sp³-hybridized carbons (Fsp3) is 0.158. The van der Waals surface area contributed by atoms with E-state index in [0.29, 0.717) is 17.2 Å². The van der Waals surface area contributed by atoms with Gasteiger partial charge in [0.1, 0.15) is 4.88 Å². The molecule has 0 saturated carbocycles. The third-order valence-corrected chi connectivity index (χ3v) is 4.59. The van der Waals surface area contributed by atoms with E-state index in [4.69, 9.17) is 4.74 Å². The zero-order valence-corrected chi connectivity index (χ0v) is 14.4. The maximum absolute atomic E-state index is 12.1. The van der Waals surface area contributed by atoms with Crippen LogP contribution in [0.2, 0.25) is 0 Å². The van der Waals surface area contributed by atoms with Crippen molar-refractivity contribution in [1.29, 1.82) is 0 Å². The quantitative estimate of drug-likeness (QED) is 0.607. The van der Waals surface area contributed by atoms with Gasteiger partial charge < -0.3 is 4.74 Å². The molecule has 5 heteroatoms. The Bertz CT molecular complexity index is 776. The van der Waals surface area contributed by atoms with Crippen LogP contribution < -0.4 is 4.90 Å². The van der Waals surface area contributed by atoms with Crippen molar-refractivity contribution in [3.05, 3.63) is 71.2 Å². The molecule has 0 bridgehead atoms. The van der Waals surface area contributed by atoms with E-state index in [1.807, 2.05) is 72.5 Å². The van der Waals surface area contributed by atoms with Crippen LogP contribution in [0.15, 0.2) is 60.7 Å². The van der Waals surface area contributed by atoms with Crippen molar-refractivity contribution < 1.29 is 9.53 Å². The highest BCUT2D eigenvalue weighted by atomic mass is 32.1. The first-order chi connectivity index (χ1) is 11.7. The van der Waals surface area contributed by atoms with Gasteiger partial charge in [0.15, 0.2) is 5.13 Å². The fourth-order valence-electron chi connectivity index (χ4n) is 2.39. The van der Waals surface area contributed by atoms with Gasteiger partial charge in [0.05, 0.1) is 12.3 Å². The van der Waals surface area contributed by atoms with Gasteiger partial charge in [0, 0.05) is 11.4 Å². The molecule has 2 aromatic carbocycles. The molecule has 0 amide bonds. The van der Waals surface area contributed by atoms with Crippen LogP contribution in [0.5, 0.6) is 0 Å². The van der Waals surface area contributed by atoms with Crippen molar-refractivity contribution in [2.75, 3.05) is 11.5 Å². The fourth-order valence-corrected chi connectivity index (χ4v) is 3.39. The Morgan fingerprint density at radius 1 is 1.04 bits per heavy atom. The van der Waals surface area contributed by atoms with Gasteiger partial charge in [0.25, 0.3) is 0 Å². The van der Waals surface area contributed by atoms with Crippen molar-refractivity contribution in [3.63, 3.8) is 0 Å². The molecular formula is C19H18N2O2S. The minimum atomic E-state index is -0.320. The van der Waals surface area contributed by atoms with Crippen LogP contribution in [0.4, 0.5) is 16.5 Å². The molecule has 0 atom stereocenters. The molecule has 1 heterocycles. The number of esters is 1. The summed E-state index contributed by atoms with van der Waals surface area (Å²) in [4.78, 5) is 19.3. The van der Waals surface area contributed by atoms with Gasteiger partial charge in [-0.1, -0.05) is 47.7 Å². The Kier molecular flexibility index (Phi) is 4.91. The van der Waals surface area contributed by atoms with Crippen molar-refractivity contribution >= 4 is 33.8 Å². The second-order valence-corrected chi connectivity index (χ2v) is 6.12. The summed E-state index contributed by atoms with van der Waals surface area (Å²) in [5.74, 6) is -0.320. The number of para-hydroxylation sites is 2. The molecule has 3 rings (SSSR count). The first-order valence-corrected chi connectivity index (χ1v) is 8.57. The standard InChI is InChI=1S/C19H18N2O2S/c1-3-23-18(22)17-14(2)20-19(24-17)21(15-10-6-4-7-11-15)16-12-8-5-9-13-16/h4-13H,3H2,1-2H3. The van der Waals surface area contributed by atoms with Crippen molar-refractivity contribution in [2.24, 2.45) is 0 Å². The smallest absolute Gasteiger partial charge is 0.350 e. The highest BCUT2D eigenvalue weighted by Gasteiger charge is 2.21. The minimum absolute atomic E-state index is 0.320. The number of benzene rings is 2. The van der Waals surface area contributed by atoms with Crippen molar-refractivity contribution in [2.45, 2.75) is 13.8 Å². The lowest BCUT2D eigenvalue weighted by Crippen LogP contribution is -2.09. The topological polar surface area (TPSA) is 42.4 Å². The molecule has 3 aromatic rings. The molecule has 0 spiro atoms. The molecule has 0 aliphatic heterocycles. The van der Waals surface area contributed by atoms with E-state index in [0.717, 1.165) is 16.5 Å².